The van der Waals surface area contributed by atoms with Crippen molar-refractivity contribution < 1.29 is 52.3 Å². The highest BCUT2D eigenvalue weighted by atomic mass is 28.4. The fourth-order valence-corrected chi connectivity index (χ4v) is 11.4. The molecule has 4 aliphatic rings. The van der Waals surface area contributed by atoms with Crippen LogP contribution in [0, 0.1) is 16.6 Å². The maximum atomic E-state index is 14.0. The molecule has 2 fully saturated rings. The van der Waals surface area contributed by atoms with Crippen LogP contribution in [-0.2, 0) is 45.8 Å². The van der Waals surface area contributed by atoms with Gasteiger partial charge in [0, 0.05) is 75.8 Å². The lowest BCUT2D eigenvalue weighted by Gasteiger charge is -2.38. The lowest BCUT2D eigenvalue weighted by molar-refractivity contribution is -0.223. The Hall–Kier alpha value is -4.93. The van der Waals surface area contributed by atoms with E-state index in [1.807, 2.05) is 51.6 Å². The zero-order chi connectivity index (χ0) is 62.0. The van der Waals surface area contributed by atoms with E-state index < -0.39 is 31.4 Å². The van der Waals surface area contributed by atoms with Gasteiger partial charge < -0.3 is 48.1 Å². The third-order valence-electron chi connectivity index (χ3n) is 15.3. The number of fused-ring (bicyclic) bond motifs is 2. The first-order chi connectivity index (χ1) is 39.1. The van der Waals surface area contributed by atoms with Gasteiger partial charge in [0.05, 0.1) is 54.5 Å². The molecule has 0 amide bonds. The standard InChI is InChI=1S/C29H42N4O5.C26H39FN4O2Si.C9H18O3/c1-28(2,3)16-19(34)17-33(6)27-21-10-11-23(35)25(21)31-26(32-27)22-15-20(12-13-30-22)37-18-29(4,5)38-24-9-7-8-14-36-24;1-25(2,3)15-18(32)16-31(7)24-19-10-11-21(33-34(8,9)26(4,5)6)22(19)29-23(30-24)20-14-17(27)12-13-28-20;1-9(2,7-10)12-8-5-3-4-6-11-8/h12-13,15,23-24,35H,7-11,14,16-18H2,1-6H3;12-14,21H,10-11,15-16H2,1-9H3;8,10H,3-7H2,1-2H3. The third kappa shape index (κ3) is 20.3. The highest BCUT2D eigenvalue weighted by molar-refractivity contribution is 6.74. The van der Waals surface area contributed by atoms with Gasteiger partial charge in [-0.1, -0.05) is 62.3 Å². The zero-order valence-electron chi connectivity index (χ0n) is 53.6. The Morgan fingerprint density at radius 3 is 1.64 bits per heavy atom. The van der Waals surface area contributed by atoms with Gasteiger partial charge in [0.1, 0.15) is 41.2 Å². The number of Topliss-reactive ketones (excluding diaryl/α,β-unsaturated/α-hetero) is 2. The smallest absolute Gasteiger partial charge is 0.192 e. The predicted molar refractivity (Wildman–Crippen MR) is 328 cm³/mol. The number of hydrogen-bond acceptors (Lipinski definition) is 18. The molecule has 2 aliphatic carbocycles. The van der Waals surface area contributed by atoms with Crippen LogP contribution in [0.1, 0.15) is 189 Å². The van der Waals surface area contributed by atoms with E-state index in [0.29, 0.717) is 78.4 Å². The van der Waals surface area contributed by atoms with Gasteiger partial charge in [-0.15, -0.1) is 0 Å². The number of rotatable bonds is 20. The minimum Gasteiger partial charge on any atom is -0.490 e. The van der Waals surface area contributed by atoms with E-state index in [4.69, 9.17) is 48.2 Å². The minimum atomic E-state index is -2.05. The normalized spacial score (nSPS) is 19.3. The number of aromatic nitrogens is 6. The number of anilines is 2. The molecule has 4 aromatic rings. The van der Waals surface area contributed by atoms with Crippen LogP contribution in [0.5, 0.6) is 5.75 Å². The molecule has 0 bridgehead atoms. The number of halogens is 1. The van der Waals surface area contributed by atoms with Crippen molar-refractivity contribution in [2.45, 2.75) is 221 Å². The van der Waals surface area contributed by atoms with Gasteiger partial charge in [-0.3, -0.25) is 19.6 Å². The molecule has 466 valence electrons. The van der Waals surface area contributed by atoms with Gasteiger partial charge in [0.2, 0.25) is 0 Å². The van der Waals surface area contributed by atoms with Crippen LogP contribution in [-0.4, -0.2) is 137 Å². The Labute approximate surface area is 500 Å². The Morgan fingerprint density at radius 2 is 1.15 bits per heavy atom. The van der Waals surface area contributed by atoms with Crippen molar-refractivity contribution in [2.75, 3.05) is 63.4 Å². The van der Waals surface area contributed by atoms with Crippen molar-refractivity contribution in [3.8, 4) is 28.8 Å². The van der Waals surface area contributed by atoms with Crippen LogP contribution in [0.2, 0.25) is 18.1 Å². The second-order valence-electron chi connectivity index (χ2n) is 28.2. The highest BCUT2D eigenvalue weighted by Crippen LogP contribution is 2.45. The van der Waals surface area contributed by atoms with Crippen LogP contribution >= 0.6 is 0 Å². The molecular weight excluding hydrogens is 1090 g/mol. The number of pyridine rings is 2. The van der Waals surface area contributed by atoms with Gasteiger partial charge in [-0.05, 0) is 133 Å². The van der Waals surface area contributed by atoms with E-state index in [1.54, 1.807) is 18.3 Å². The number of carbonyl (C=O) groups is 2. The van der Waals surface area contributed by atoms with E-state index in [0.717, 1.165) is 81.4 Å². The lowest BCUT2D eigenvalue weighted by atomic mass is 9.90. The molecule has 0 saturated carbocycles. The van der Waals surface area contributed by atoms with Crippen molar-refractivity contribution in [1.29, 1.82) is 0 Å². The van der Waals surface area contributed by atoms with Gasteiger partial charge in [-0.2, -0.15) is 0 Å². The molecule has 2 aliphatic heterocycles. The molecule has 4 unspecified atom stereocenters. The first-order valence-corrected chi connectivity index (χ1v) is 33.1. The summed E-state index contributed by atoms with van der Waals surface area (Å²) < 4.78 is 49.6. The van der Waals surface area contributed by atoms with E-state index in [-0.39, 0.29) is 65.8 Å². The Morgan fingerprint density at radius 1 is 0.667 bits per heavy atom. The van der Waals surface area contributed by atoms with Gasteiger partial charge in [0.15, 0.2) is 44.1 Å². The topological polar surface area (TPSA) is 214 Å². The quantitative estimate of drug-likeness (QED) is 0.0787. The largest absolute Gasteiger partial charge is 0.490 e. The number of aliphatic hydroxyl groups excluding tert-OH is 2. The fraction of sp³-hybridized carbons (Fsp3) is 0.688. The second-order valence-corrected chi connectivity index (χ2v) is 33.0. The first-order valence-electron chi connectivity index (χ1n) is 30.2. The molecule has 18 nitrogen and oxygen atoms in total. The molecule has 4 aromatic heterocycles. The average molecular weight is 1190 g/mol. The number of carbonyl (C=O) groups excluding carboxylic acids is 2. The number of hydrogen-bond donors (Lipinski definition) is 2. The summed E-state index contributed by atoms with van der Waals surface area (Å²) in [5.41, 5.74) is 3.09. The summed E-state index contributed by atoms with van der Waals surface area (Å²) in [6.07, 6.45) is 12.1. The lowest BCUT2D eigenvalue weighted by Crippen LogP contribution is -2.41. The number of likely N-dealkylation sites (N-methyl/N-ethyl adjacent to an activating group) is 2. The van der Waals surface area contributed by atoms with Crippen molar-refractivity contribution in [3.05, 3.63) is 65.0 Å². The summed E-state index contributed by atoms with van der Waals surface area (Å²) in [6, 6.07) is 6.23. The maximum absolute atomic E-state index is 14.0. The molecule has 0 spiro atoms. The molecule has 0 radical (unpaired) electrons. The first kappa shape index (κ1) is 68.2. The number of nitrogens with zero attached hydrogens (tertiary/aromatic N) is 8. The number of ether oxygens (including phenoxy) is 5. The summed E-state index contributed by atoms with van der Waals surface area (Å²) in [5.74, 6) is 2.65. The molecule has 2 saturated heterocycles. The molecular formula is C64H99FN8O10Si. The van der Waals surface area contributed by atoms with E-state index >= 15 is 0 Å². The second kappa shape index (κ2) is 28.7. The molecule has 4 atom stereocenters. The summed E-state index contributed by atoms with van der Waals surface area (Å²) in [6.45, 7) is 33.6. The van der Waals surface area contributed by atoms with Gasteiger partial charge in [0.25, 0.3) is 0 Å². The Kier molecular flexibility index (Phi) is 23.3. The van der Waals surface area contributed by atoms with Gasteiger partial charge >= 0.3 is 0 Å². The monoisotopic (exact) mass is 1190 g/mol. The Bertz CT molecular complexity index is 2820. The molecule has 0 aromatic carbocycles. The van der Waals surface area contributed by atoms with E-state index in [2.05, 4.69) is 90.4 Å². The maximum Gasteiger partial charge on any atom is 0.192 e. The SMILES string of the molecule is CC(C)(CO)OC1CCCCO1.CN(CC(=O)CC(C)(C)C)c1nc(-c2cc(F)ccn2)nc2c1CCC2O[Si](C)(C)C(C)(C)C.CN(CC(=O)CC(C)(C)C)c1nc(-c2cc(OCC(C)(C)OC3CCCCO3)ccn2)nc2c1CCC2O. The molecule has 6 heterocycles. The Balaban J connectivity index is 0.000000226. The molecule has 8 rings (SSSR count). The summed E-state index contributed by atoms with van der Waals surface area (Å²) in [7, 11) is 1.70. The van der Waals surface area contributed by atoms with Crippen molar-refractivity contribution in [1.82, 2.24) is 29.9 Å². The molecule has 2 N–H and O–H groups in total. The highest BCUT2D eigenvalue weighted by Gasteiger charge is 2.42. The van der Waals surface area contributed by atoms with Gasteiger partial charge in [-0.25, -0.2) is 24.3 Å². The van der Waals surface area contributed by atoms with Crippen molar-refractivity contribution in [3.63, 3.8) is 0 Å². The van der Waals surface area contributed by atoms with Crippen molar-refractivity contribution in [2.24, 2.45) is 10.8 Å². The van der Waals surface area contributed by atoms with Crippen LogP contribution in [0.15, 0.2) is 36.7 Å². The van der Waals surface area contributed by atoms with E-state index in [1.165, 1.54) is 18.3 Å². The number of aliphatic hydroxyl groups is 2. The van der Waals surface area contributed by atoms with Crippen LogP contribution < -0.4 is 14.5 Å². The molecule has 84 heavy (non-hydrogen) atoms. The van der Waals surface area contributed by atoms with Crippen molar-refractivity contribution >= 4 is 31.5 Å². The fourth-order valence-electron chi connectivity index (χ4n) is 10.1. The molecule has 20 heteroatoms. The summed E-state index contributed by atoms with van der Waals surface area (Å²) >= 11 is 0. The third-order valence-corrected chi connectivity index (χ3v) is 19.8. The van der Waals surface area contributed by atoms with Crippen LogP contribution in [0.3, 0.4) is 0 Å². The average Bonchev–Trinajstić information content (AvgIpc) is 2.10. The predicted octanol–water partition coefficient (Wildman–Crippen LogP) is 12.1. The van der Waals surface area contributed by atoms with E-state index in [9.17, 15) is 19.1 Å². The van der Waals surface area contributed by atoms with Crippen LogP contribution in [0.4, 0.5) is 16.0 Å². The minimum absolute atomic E-state index is 0.0346. The zero-order valence-corrected chi connectivity index (χ0v) is 54.6. The summed E-state index contributed by atoms with van der Waals surface area (Å²) in [4.78, 5) is 57.1. The van der Waals surface area contributed by atoms with Crippen LogP contribution in [0.25, 0.3) is 23.0 Å². The summed E-state index contributed by atoms with van der Waals surface area (Å²) in [5, 5.41) is 19.6. The number of ketones is 2.